The number of hydrogen-bond acceptors (Lipinski definition) is 14. The number of ether oxygens (including phenoxy) is 2. The molecule has 8 aromatic rings. The van der Waals surface area contributed by atoms with Crippen LogP contribution in [0.4, 0.5) is 22.7 Å². The normalized spacial score (nSPS) is 17.2. The number of rotatable bonds is 12. The van der Waals surface area contributed by atoms with Gasteiger partial charge in [0.1, 0.15) is 0 Å². The first-order valence-corrected chi connectivity index (χ1v) is 58.0. The first kappa shape index (κ1) is 77.9. The molecule has 0 radical (unpaired) electrons. The molecule has 4 N–H and O–H groups in total. The molecule has 100 heavy (non-hydrogen) atoms. The van der Waals surface area contributed by atoms with Crippen molar-refractivity contribution in [1.82, 2.24) is 19.6 Å². The van der Waals surface area contributed by atoms with E-state index in [9.17, 15) is 19.2 Å². The van der Waals surface area contributed by atoms with Crippen molar-refractivity contribution in [2.45, 2.75) is 105 Å². The number of nitrogens with zero attached hydrogens (tertiary/aromatic N) is 4. The second-order valence-corrected chi connectivity index (χ2v) is 69.7. The molecule has 0 aromatic heterocycles. The van der Waals surface area contributed by atoms with Crippen molar-refractivity contribution < 1.29 is 28.7 Å². The summed E-state index contributed by atoms with van der Waals surface area (Å²) in [7, 11) is 6.66. The summed E-state index contributed by atoms with van der Waals surface area (Å²) in [5.41, 5.74) is 2.34. The zero-order valence-electron chi connectivity index (χ0n) is 57.3. The van der Waals surface area contributed by atoms with Gasteiger partial charge in [-0.1, -0.05) is 0 Å². The number of benzene rings is 8. The van der Waals surface area contributed by atoms with Crippen LogP contribution < -0.4 is 45.1 Å². The van der Waals surface area contributed by atoms with E-state index in [-0.39, 0.29) is 74.0 Å². The molecular formula is C76H84N8O6S8Sn2. The summed E-state index contributed by atoms with van der Waals surface area (Å²) < 4.78 is 19.5. The summed E-state index contributed by atoms with van der Waals surface area (Å²) in [4.78, 5) is 65.2. The van der Waals surface area contributed by atoms with E-state index >= 15 is 0 Å². The third-order valence-electron chi connectivity index (χ3n) is 17.2. The molecule has 0 aliphatic carbocycles. The molecule has 0 fully saturated rings. The second-order valence-electron chi connectivity index (χ2n) is 24.2. The Morgan fingerprint density at radius 2 is 0.500 bits per heavy atom. The predicted molar refractivity (Wildman–Crippen MR) is 443 cm³/mol. The van der Waals surface area contributed by atoms with Gasteiger partial charge < -0.3 is 0 Å². The number of amides is 4. The van der Waals surface area contributed by atoms with Crippen LogP contribution in [0.15, 0.2) is 218 Å². The monoisotopic (exact) mass is 1700 g/mol. The minimum absolute atomic E-state index is 0.00158. The van der Waals surface area contributed by atoms with Crippen LogP contribution in [0.1, 0.15) is 81.1 Å². The average Bonchev–Trinajstić information content (AvgIpc) is 0.772. The topological polar surface area (TPSA) is 148 Å². The zero-order chi connectivity index (χ0) is 71.3. The number of carbonyl (C=O) groups excluding carboxylic acids is 4. The maximum atomic E-state index is 14.3. The van der Waals surface area contributed by atoms with E-state index in [0.717, 1.165) is 40.0 Å². The van der Waals surface area contributed by atoms with Crippen LogP contribution >= 0.6 is 84.7 Å². The average molecular weight is 1700 g/mol. The Kier molecular flexibility index (Phi) is 29.5. The number of carbonyl (C=O) groups is 4. The van der Waals surface area contributed by atoms with Gasteiger partial charge in [-0.05, 0) is 0 Å². The van der Waals surface area contributed by atoms with Crippen LogP contribution in [0.2, 0.25) is 0 Å². The van der Waals surface area contributed by atoms with Gasteiger partial charge in [0.05, 0.1) is 0 Å². The van der Waals surface area contributed by atoms with E-state index in [4.69, 9.17) is 58.3 Å². The molecule has 0 spiro atoms. The predicted octanol–water partition coefficient (Wildman–Crippen LogP) is 15.7. The van der Waals surface area contributed by atoms with Crippen LogP contribution in [0.5, 0.6) is 23.0 Å². The van der Waals surface area contributed by atoms with Crippen molar-refractivity contribution in [3.63, 3.8) is 0 Å². The third kappa shape index (κ3) is 21.0. The number of thiocarbonyl (C=S) groups is 4. The van der Waals surface area contributed by atoms with Gasteiger partial charge in [0.25, 0.3) is 0 Å². The second kappa shape index (κ2) is 37.8. The number of nitrogens with one attached hydrogen (secondary N) is 4. The molecule has 520 valence electrons. The summed E-state index contributed by atoms with van der Waals surface area (Å²) in [6.45, 7) is 16.7. The Labute approximate surface area is 629 Å². The fourth-order valence-corrected chi connectivity index (χ4v) is 75.2. The minimum atomic E-state index is -4.32. The van der Waals surface area contributed by atoms with E-state index in [2.05, 4.69) is 125 Å². The Balaban J connectivity index is 1.02. The summed E-state index contributed by atoms with van der Waals surface area (Å²) in [6.07, 6.45) is 2.91. The Bertz CT molecular complexity index is 3560. The summed E-state index contributed by atoms with van der Waals surface area (Å²) >= 11 is 17.4. The van der Waals surface area contributed by atoms with E-state index in [1.807, 2.05) is 92.4 Å². The maximum absolute atomic E-state index is 14.3. The van der Waals surface area contributed by atoms with Crippen molar-refractivity contribution >= 4 is 194 Å². The zero-order valence-corrected chi connectivity index (χ0v) is 69.5. The van der Waals surface area contributed by atoms with Crippen LogP contribution in [-0.4, -0.2) is 142 Å². The first-order valence-electron chi connectivity index (χ1n) is 33.4. The van der Waals surface area contributed by atoms with Gasteiger partial charge in [0.15, 0.2) is 0 Å². The van der Waals surface area contributed by atoms with E-state index < -0.39 is 31.2 Å². The molecule has 7 aliphatic heterocycles. The first-order chi connectivity index (χ1) is 48.2. The van der Waals surface area contributed by atoms with E-state index in [0.29, 0.717) is 63.0 Å². The van der Waals surface area contributed by atoms with Gasteiger partial charge in [-0.15, -0.1) is 0 Å². The van der Waals surface area contributed by atoms with Crippen molar-refractivity contribution in [2.75, 3.05) is 47.4 Å². The van der Waals surface area contributed by atoms with E-state index in [1.54, 1.807) is 133 Å². The molecule has 0 saturated heterocycles. The van der Waals surface area contributed by atoms with Gasteiger partial charge >= 0.3 is 636 Å². The van der Waals surface area contributed by atoms with Crippen LogP contribution in [0, 0.1) is 0 Å². The van der Waals surface area contributed by atoms with E-state index in [1.165, 1.54) is 0 Å². The quantitative estimate of drug-likeness (QED) is 0.0678. The number of anilines is 4. The molecule has 14 nitrogen and oxygen atoms in total. The van der Waals surface area contributed by atoms with Crippen molar-refractivity contribution in [1.29, 1.82) is 0 Å². The molecular weight excluding hydrogens is 1610 g/mol. The van der Waals surface area contributed by atoms with Crippen molar-refractivity contribution in [2.24, 2.45) is 0 Å². The third-order valence-corrected chi connectivity index (χ3v) is 75.3. The van der Waals surface area contributed by atoms with Crippen LogP contribution in [0.25, 0.3) is 0 Å². The van der Waals surface area contributed by atoms with Gasteiger partial charge in [0, 0.05) is 0 Å². The van der Waals surface area contributed by atoms with Crippen molar-refractivity contribution in [3.05, 3.63) is 218 Å². The summed E-state index contributed by atoms with van der Waals surface area (Å²) in [5, 5.41) is 12.4. The summed E-state index contributed by atoms with van der Waals surface area (Å²) in [6, 6.07) is 70.0. The molecule has 4 unspecified atom stereocenters. The summed E-state index contributed by atoms with van der Waals surface area (Å²) in [5.74, 6) is 1.26. The Morgan fingerprint density at radius 1 is 0.320 bits per heavy atom. The van der Waals surface area contributed by atoms with Crippen molar-refractivity contribution in [3.8, 4) is 23.0 Å². The number of hydrogen-bond donors (Lipinski definition) is 4. The molecule has 4 amide bonds. The molecule has 15 rings (SSSR count). The molecule has 4 atom stereocenters. The fourth-order valence-electron chi connectivity index (χ4n) is 10.8. The standard InChI is InChI=1S/2C26H34N4O3S4.4C6H5.2Sn/c2*1-5-17(3)29(25(34)35)15-23(31)27-19-7-11-21(12-8-19)33-22-13-9-20(10-14-22)28-24(32)16-30(26(36)37)18(4)6-2;4*1-2-4-6-5-3-1;;/h2*7-14,17-18H,5-6,15-16H2,1-4H3,(H,27,31)(H,28,32)(H,34,35)(H,36,37);4*1-5H;;/q;;;;;;2*+2/p-4. The Morgan fingerprint density at radius 3 is 0.670 bits per heavy atom. The van der Waals surface area contributed by atoms with Gasteiger partial charge in [-0.3, -0.25) is 0 Å². The van der Waals surface area contributed by atoms with Crippen LogP contribution in [-0.2, 0) is 19.2 Å². The molecule has 7 aliphatic rings. The Hall–Kier alpha value is -6.20. The fraction of sp³-hybridized carbons (Fsp3) is 0.263. The molecule has 24 heteroatoms. The van der Waals surface area contributed by atoms with Gasteiger partial charge in [-0.2, -0.15) is 0 Å². The molecule has 0 saturated carbocycles. The molecule has 8 bridgehead atoms. The van der Waals surface area contributed by atoms with Gasteiger partial charge in [0.2, 0.25) is 0 Å². The SMILES string of the molecule is CCC(C)N1CC(=O)Nc2ccc(cc2)Oc2ccc(cc2)NC(=O)CN(C(C)CC)C(=S)[S][Sn]([c]2ccccc2)([c]2ccccc2)[S]C(=S)N(C(C)CC)CC(=O)Nc2ccc(cc2)Oc2ccc(cc2)NC(=O)CN(C(C)CC)C(=S)[S][Sn]([c]2ccccc2)([c]2ccccc2)[S]C1=S. The van der Waals surface area contributed by atoms with Gasteiger partial charge in [-0.25, -0.2) is 0 Å². The molecule has 8 aromatic carbocycles. The molecule has 7 heterocycles. The van der Waals surface area contributed by atoms with Crippen LogP contribution in [0.3, 0.4) is 0 Å².